The molecule has 1 aliphatic rings. The van der Waals surface area contributed by atoms with Crippen LogP contribution in [0.15, 0.2) is 30.5 Å². The van der Waals surface area contributed by atoms with Gasteiger partial charge in [-0.15, -0.1) is 11.8 Å². The van der Waals surface area contributed by atoms with Crippen molar-refractivity contribution in [2.75, 3.05) is 12.4 Å². The van der Waals surface area contributed by atoms with Gasteiger partial charge < -0.3 is 15.8 Å². The number of amides is 2. The van der Waals surface area contributed by atoms with Crippen LogP contribution in [0.4, 0.5) is 27.6 Å². The number of anilines is 1. The molecule has 3 rings (SSSR count). The average molecular weight is 475 g/mol. The highest BCUT2D eigenvalue weighted by Gasteiger charge is 2.60. The van der Waals surface area contributed by atoms with Gasteiger partial charge in [-0.2, -0.15) is 17.6 Å². The summed E-state index contributed by atoms with van der Waals surface area (Å²) >= 11 is 0.374. The summed E-state index contributed by atoms with van der Waals surface area (Å²) in [4.78, 5) is 28.0. The van der Waals surface area contributed by atoms with Gasteiger partial charge in [0, 0.05) is 23.4 Å². The minimum atomic E-state index is -4.67. The van der Waals surface area contributed by atoms with Crippen LogP contribution >= 0.6 is 11.8 Å². The van der Waals surface area contributed by atoms with Crippen molar-refractivity contribution in [3.63, 3.8) is 0 Å². The number of aromatic nitrogens is 1. The van der Waals surface area contributed by atoms with Crippen LogP contribution in [0.1, 0.15) is 35.3 Å². The molecule has 1 saturated heterocycles. The number of methoxy groups -OCH3 is 1. The molecule has 3 atom stereocenters. The number of nitrogens with two attached hydrogens (primary N) is 1. The average Bonchev–Trinajstić information content (AvgIpc) is 3.09. The molecule has 1 aromatic carbocycles. The van der Waals surface area contributed by atoms with Crippen molar-refractivity contribution in [2.24, 2.45) is 5.73 Å². The molecule has 172 valence electrons. The maximum Gasteiger partial charge on any atom is 0.403 e. The van der Waals surface area contributed by atoms with E-state index in [1.165, 1.54) is 18.3 Å². The lowest BCUT2D eigenvalue weighted by molar-refractivity contribution is -0.155. The second kappa shape index (κ2) is 8.57. The minimum Gasteiger partial charge on any atom is -0.493 e. The van der Waals surface area contributed by atoms with Crippen LogP contribution in [-0.4, -0.2) is 40.1 Å². The Morgan fingerprint density at radius 2 is 1.97 bits per heavy atom. The summed E-state index contributed by atoms with van der Waals surface area (Å²) in [5, 5.41) is 1.12. The fourth-order valence-electron chi connectivity index (χ4n) is 3.53. The molecule has 0 spiro atoms. The van der Waals surface area contributed by atoms with E-state index in [-0.39, 0.29) is 16.9 Å². The van der Waals surface area contributed by atoms with Crippen molar-refractivity contribution < 1.29 is 36.3 Å². The van der Waals surface area contributed by atoms with Crippen molar-refractivity contribution in [2.45, 2.75) is 35.4 Å². The zero-order valence-corrected chi connectivity index (χ0v) is 17.6. The van der Waals surface area contributed by atoms with E-state index < -0.39 is 57.7 Å². The number of nitrogens with one attached hydrogen (secondary N) is 1. The van der Waals surface area contributed by atoms with E-state index in [2.05, 4.69) is 10.3 Å². The molecule has 1 fully saturated rings. The maximum atomic E-state index is 14.3. The SMILES string of the molecule is COc1c([C@@H]2C[C@](C)(C(F)(F)F)S[C@H]2C(=O)Nc2ccnc(C(N)=O)c2)ccc(F)c1F. The Labute approximate surface area is 183 Å². The predicted molar refractivity (Wildman–Crippen MR) is 107 cm³/mol. The lowest BCUT2D eigenvalue weighted by Gasteiger charge is -2.26. The molecule has 1 aliphatic heterocycles. The number of primary amides is 1. The Balaban J connectivity index is 2.01. The van der Waals surface area contributed by atoms with E-state index >= 15 is 0 Å². The number of nitrogens with zero attached hydrogens (tertiary/aromatic N) is 1. The first kappa shape index (κ1) is 23.8. The molecule has 6 nitrogen and oxygen atoms in total. The number of carbonyl (C=O) groups excluding carboxylic acids is 2. The standard InChI is InChI=1S/C20H18F5N3O3S/c1-19(20(23,24)25)8-11(10-3-4-12(21)14(22)15(10)31-2)16(32-19)18(30)28-9-5-6-27-13(7-9)17(26)29/h3-7,11,16H,8H2,1-2H3,(H2,26,29)(H,27,28,30)/t11-,16+,19+/m0/s1. The molecule has 0 unspecified atom stereocenters. The highest BCUT2D eigenvalue weighted by molar-refractivity contribution is 8.02. The summed E-state index contributed by atoms with van der Waals surface area (Å²) in [5.41, 5.74) is 5.04. The number of halogens is 5. The number of pyridine rings is 1. The molecule has 12 heteroatoms. The Bertz CT molecular complexity index is 1070. The number of alkyl halides is 3. The van der Waals surface area contributed by atoms with Crippen LogP contribution < -0.4 is 15.8 Å². The van der Waals surface area contributed by atoms with Gasteiger partial charge in [-0.25, -0.2) is 4.39 Å². The summed E-state index contributed by atoms with van der Waals surface area (Å²) in [6.07, 6.45) is -4.04. The summed E-state index contributed by atoms with van der Waals surface area (Å²) in [5.74, 6) is -5.96. The Kier molecular flexibility index (Phi) is 6.36. The molecular weight excluding hydrogens is 457 g/mol. The zero-order chi connectivity index (χ0) is 23.8. The number of benzene rings is 1. The second-order valence-corrected chi connectivity index (χ2v) is 8.99. The van der Waals surface area contributed by atoms with Crippen LogP contribution in [0.2, 0.25) is 0 Å². The Hall–Kier alpha value is -2.89. The molecule has 2 heterocycles. The first-order valence-electron chi connectivity index (χ1n) is 9.21. The molecule has 0 bridgehead atoms. The first-order chi connectivity index (χ1) is 14.9. The van der Waals surface area contributed by atoms with Gasteiger partial charge in [-0.1, -0.05) is 6.07 Å². The van der Waals surface area contributed by atoms with Gasteiger partial charge in [0.2, 0.25) is 11.7 Å². The van der Waals surface area contributed by atoms with Crippen molar-refractivity contribution in [1.82, 2.24) is 4.98 Å². The molecule has 2 aromatic rings. The molecular formula is C20H18F5N3O3S. The highest BCUT2D eigenvalue weighted by Crippen LogP contribution is 2.59. The number of rotatable bonds is 5. The quantitative estimate of drug-likeness (QED) is 0.638. The fraction of sp³-hybridized carbons (Fsp3) is 0.350. The van der Waals surface area contributed by atoms with E-state index in [0.717, 1.165) is 26.2 Å². The molecule has 1 aromatic heterocycles. The maximum absolute atomic E-state index is 14.3. The van der Waals surface area contributed by atoms with Crippen molar-refractivity contribution in [1.29, 1.82) is 0 Å². The monoisotopic (exact) mass is 475 g/mol. The number of ether oxygens (including phenoxy) is 1. The largest absolute Gasteiger partial charge is 0.493 e. The van der Waals surface area contributed by atoms with Crippen LogP contribution in [-0.2, 0) is 4.79 Å². The molecule has 0 saturated carbocycles. The van der Waals surface area contributed by atoms with E-state index in [1.807, 2.05) is 0 Å². The van der Waals surface area contributed by atoms with Gasteiger partial charge in [0.15, 0.2) is 11.6 Å². The van der Waals surface area contributed by atoms with Crippen LogP contribution in [0.25, 0.3) is 0 Å². The summed E-state index contributed by atoms with van der Waals surface area (Å²) < 4.78 is 71.9. The third kappa shape index (κ3) is 4.36. The van der Waals surface area contributed by atoms with Crippen molar-refractivity contribution in [3.05, 3.63) is 53.4 Å². The predicted octanol–water partition coefficient (Wildman–Crippen LogP) is 4.02. The van der Waals surface area contributed by atoms with Crippen LogP contribution in [0.5, 0.6) is 5.75 Å². The lowest BCUT2D eigenvalue weighted by Crippen LogP contribution is -2.37. The van der Waals surface area contributed by atoms with Gasteiger partial charge in [-0.3, -0.25) is 14.6 Å². The first-order valence-corrected chi connectivity index (χ1v) is 10.1. The molecule has 0 aliphatic carbocycles. The topological polar surface area (TPSA) is 94.3 Å². The number of thioether (sulfide) groups is 1. The Morgan fingerprint density at radius 3 is 2.56 bits per heavy atom. The van der Waals surface area contributed by atoms with Gasteiger partial charge in [0.05, 0.1) is 12.4 Å². The number of hydrogen-bond acceptors (Lipinski definition) is 5. The third-order valence-electron chi connectivity index (χ3n) is 5.18. The van der Waals surface area contributed by atoms with Gasteiger partial charge >= 0.3 is 6.18 Å². The Morgan fingerprint density at radius 1 is 1.28 bits per heavy atom. The van der Waals surface area contributed by atoms with Gasteiger partial charge in [0.1, 0.15) is 10.4 Å². The molecule has 32 heavy (non-hydrogen) atoms. The second-order valence-electron chi connectivity index (χ2n) is 7.34. The lowest BCUT2D eigenvalue weighted by atomic mass is 9.85. The number of carbonyl (C=O) groups is 2. The molecule has 3 N–H and O–H groups in total. The summed E-state index contributed by atoms with van der Waals surface area (Å²) in [6, 6.07) is 4.40. The van der Waals surface area contributed by atoms with Gasteiger partial charge in [-0.05, 0) is 31.5 Å². The number of hydrogen-bond donors (Lipinski definition) is 2. The third-order valence-corrected chi connectivity index (χ3v) is 6.90. The van der Waals surface area contributed by atoms with Crippen LogP contribution in [0.3, 0.4) is 0 Å². The van der Waals surface area contributed by atoms with E-state index in [9.17, 15) is 31.5 Å². The minimum absolute atomic E-state index is 0.0559. The van der Waals surface area contributed by atoms with Crippen molar-refractivity contribution >= 4 is 29.3 Å². The van der Waals surface area contributed by atoms with Crippen molar-refractivity contribution in [3.8, 4) is 5.75 Å². The smallest absolute Gasteiger partial charge is 0.403 e. The van der Waals surface area contributed by atoms with Crippen LogP contribution in [0, 0.1) is 11.6 Å². The molecule has 2 amide bonds. The highest BCUT2D eigenvalue weighted by atomic mass is 32.2. The van der Waals surface area contributed by atoms with E-state index in [4.69, 9.17) is 10.5 Å². The molecule has 0 radical (unpaired) electrons. The zero-order valence-electron chi connectivity index (χ0n) is 16.8. The normalized spacial score (nSPS) is 23.1. The summed E-state index contributed by atoms with van der Waals surface area (Å²) in [7, 11) is 1.06. The summed E-state index contributed by atoms with van der Waals surface area (Å²) in [6.45, 7) is 0.946. The van der Waals surface area contributed by atoms with E-state index in [0.29, 0.717) is 11.8 Å². The fourth-order valence-corrected chi connectivity index (χ4v) is 5.07. The van der Waals surface area contributed by atoms with E-state index in [1.54, 1.807) is 0 Å². The van der Waals surface area contributed by atoms with Gasteiger partial charge in [0.25, 0.3) is 5.91 Å².